The van der Waals surface area contributed by atoms with Gasteiger partial charge in [0.05, 0.1) is 17.8 Å². The minimum Gasteiger partial charge on any atom is -0.470 e. The molecule has 0 aromatic carbocycles. The number of imidazole rings is 1. The summed E-state index contributed by atoms with van der Waals surface area (Å²) in [5, 5.41) is 14.2. The molecule has 1 aliphatic rings. The smallest absolute Gasteiger partial charge is 0.407 e. The first-order chi connectivity index (χ1) is 15.1. The lowest BCUT2D eigenvalue weighted by atomic mass is 9.79. The number of carbonyl (C=O) groups is 1. The quantitative estimate of drug-likeness (QED) is 0.660. The van der Waals surface area contributed by atoms with Gasteiger partial charge in [-0.05, 0) is 32.1 Å². The van der Waals surface area contributed by atoms with Crippen LogP contribution in [0.25, 0.3) is 22.6 Å². The molecule has 1 N–H and O–H groups in total. The number of aromatic nitrogens is 6. The molecular weight excluding hydrogens is 410 g/mol. The molecule has 10 heteroatoms. The maximum absolute atomic E-state index is 11.9. The second-order valence-corrected chi connectivity index (χ2v) is 9.39. The molecule has 0 spiro atoms. The highest BCUT2D eigenvalue weighted by Crippen LogP contribution is 2.36. The summed E-state index contributed by atoms with van der Waals surface area (Å²) in [6, 6.07) is -0.299. The summed E-state index contributed by atoms with van der Waals surface area (Å²) in [6.07, 6.45) is 3.52. The van der Waals surface area contributed by atoms with Crippen molar-refractivity contribution in [1.29, 1.82) is 0 Å². The van der Waals surface area contributed by atoms with E-state index in [1.807, 2.05) is 57.1 Å². The van der Waals surface area contributed by atoms with Gasteiger partial charge < -0.3 is 19.3 Å². The monoisotopic (exact) mass is 441 g/mol. The molecular formula is C22H31N7O3. The highest BCUT2D eigenvalue weighted by atomic mass is 16.5. The number of nitrogens with zero attached hydrogens (tertiary/aromatic N) is 7. The van der Waals surface area contributed by atoms with Crippen molar-refractivity contribution in [2.45, 2.75) is 66.2 Å². The van der Waals surface area contributed by atoms with Crippen molar-refractivity contribution in [3.05, 3.63) is 18.2 Å². The van der Waals surface area contributed by atoms with Crippen molar-refractivity contribution in [1.82, 2.24) is 34.2 Å². The summed E-state index contributed by atoms with van der Waals surface area (Å²) in [4.78, 5) is 27.0. The van der Waals surface area contributed by atoms with Gasteiger partial charge in [0.2, 0.25) is 5.88 Å². The van der Waals surface area contributed by atoms with Gasteiger partial charge in [0, 0.05) is 25.8 Å². The molecule has 0 saturated carbocycles. The van der Waals surface area contributed by atoms with Crippen LogP contribution in [0, 0.1) is 12.3 Å². The number of amides is 1. The normalized spacial score (nSPS) is 19.5. The zero-order chi connectivity index (χ0) is 23.2. The first-order valence-electron chi connectivity index (χ1n) is 11.0. The first kappa shape index (κ1) is 22.0. The van der Waals surface area contributed by atoms with Crippen LogP contribution in [0.1, 0.15) is 46.2 Å². The molecule has 4 heterocycles. The molecule has 2 atom stereocenters. The van der Waals surface area contributed by atoms with Crippen molar-refractivity contribution in [2.75, 3.05) is 6.54 Å². The van der Waals surface area contributed by atoms with Crippen LogP contribution in [-0.2, 0) is 13.6 Å². The van der Waals surface area contributed by atoms with E-state index in [0.717, 1.165) is 36.5 Å². The van der Waals surface area contributed by atoms with E-state index in [-0.39, 0.29) is 17.6 Å². The predicted octanol–water partition coefficient (Wildman–Crippen LogP) is 3.49. The highest BCUT2D eigenvalue weighted by molar-refractivity contribution is 5.81. The van der Waals surface area contributed by atoms with E-state index in [1.54, 1.807) is 0 Å². The molecule has 3 aromatic heterocycles. The zero-order valence-electron chi connectivity index (χ0n) is 19.5. The largest absolute Gasteiger partial charge is 0.470 e. The molecule has 1 amide bonds. The van der Waals surface area contributed by atoms with E-state index in [0.29, 0.717) is 23.6 Å². The van der Waals surface area contributed by atoms with Crippen LogP contribution in [0.4, 0.5) is 4.79 Å². The average Bonchev–Trinajstić information content (AvgIpc) is 3.27. The maximum Gasteiger partial charge on any atom is 0.407 e. The summed E-state index contributed by atoms with van der Waals surface area (Å²) >= 11 is 0. The van der Waals surface area contributed by atoms with Gasteiger partial charge in [-0.15, -0.1) is 0 Å². The Kier molecular flexibility index (Phi) is 5.56. The van der Waals surface area contributed by atoms with E-state index in [9.17, 15) is 9.90 Å². The number of likely N-dealkylation sites (tertiary alicyclic amines) is 1. The number of carboxylic acid groups (broad SMARTS) is 1. The number of hydrogen-bond acceptors (Lipinski definition) is 6. The van der Waals surface area contributed by atoms with E-state index in [2.05, 4.69) is 15.1 Å². The van der Waals surface area contributed by atoms with Crippen molar-refractivity contribution < 1.29 is 14.6 Å². The third-order valence-corrected chi connectivity index (χ3v) is 6.24. The van der Waals surface area contributed by atoms with E-state index >= 15 is 0 Å². The SMILES string of the molecule is CCn1ncc(-c2nc3c(OC4CCCN(C(=O)O)C4C(C)(C)C)ncnc3n2C)c1C. The minimum atomic E-state index is -0.922. The lowest BCUT2D eigenvalue weighted by Gasteiger charge is -2.46. The minimum absolute atomic E-state index is 0.295. The van der Waals surface area contributed by atoms with Crippen molar-refractivity contribution in [2.24, 2.45) is 12.5 Å². The van der Waals surface area contributed by atoms with Crippen LogP contribution in [0.15, 0.2) is 12.5 Å². The maximum atomic E-state index is 11.9. The summed E-state index contributed by atoms with van der Waals surface area (Å²) in [7, 11) is 1.91. The van der Waals surface area contributed by atoms with Crippen LogP contribution >= 0.6 is 0 Å². The lowest BCUT2D eigenvalue weighted by molar-refractivity contribution is -0.0196. The fraction of sp³-hybridized carbons (Fsp3) is 0.591. The van der Waals surface area contributed by atoms with Gasteiger partial charge in [0.25, 0.3) is 0 Å². The molecule has 0 bridgehead atoms. The molecule has 4 rings (SSSR count). The second-order valence-electron chi connectivity index (χ2n) is 9.39. The zero-order valence-corrected chi connectivity index (χ0v) is 19.5. The Morgan fingerprint density at radius 2 is 2.06 bits per heavy atom. The van der Waals surface area contributed by atoms with Crippen molar-refractivity contribution in [3.63, 3.8) is 0 Å². The fourth-order valence-electron chi connectivity index (χ4n) is 4.76. The Morgan fingerprint density at radius 1 is 1.31 bits per heavy atom. The van der Waals surface area contributed by atoms with E-state index < -0.39 is 6.09 Å². The average molecular weight is 442 g/mol. The van der Waals surface area contributed by atoms with Gasteiger partial charge in [-0.1, -0.05) is 20.8 Å². The number of ether oxygens (including phenoxy) is 1. The summed E-state index contributed by atoms with van der Waals surface area (Å²) in [5.41, 5.74) is 2.89. The standard InChI is InChI=1S/C22H31N7O3/c1-7-29-13(2)14(11-25-29)18-26-16-19(27(18)6)23-12-24-20(16)32-15-9-8-10-28(21(30)31)17(15)22(3,4)5/h11-12,15,17H,7-10H2,1-6H3,(H,30,31). The molecule has 2 unspecified atom stereocenters. The third-order valence-electron chi connectivity index (χ3n) is 6.24. The topological polar surface area (TPSA) is 111 Å². The lowest BCUT2D eigenvalue weighted by Crippen LogP contribution is -2.58. The number of fused-ring (bicyclic) bond motifs is 1. The Labute approximate surface area is 187 Å². The summed E-state index contributed by atoms with van der Waals surface area (Å²) < 4.78 is 10.2. The van der Waals surface area contributed by atoms with Gasteiger partial charge in [-0.25, -0.2) is 14.8 Å². The fourth-order valence-corrected chi connectivity index (χ4v) is 4.76. The molecule has 0 radical (unpaired) electrons. The van der Waals surface area contributed by atoms with Crippen molar-refractivity contribution >= 4 is 17.3 Å². The molecule has 1 saturated heterocycles. The number of aryl methyl sites for hydroxylation is 2. The van der Waals surface area contributed by atoms with Gasteiger partial charge in [-0.2, -0.15) is 10.1 Å². The molecule has 3 aromatic rings. The Bertz CT molecular complexity index is 1140. The van der Waals surface area contributed by atoms with Gasteiger partial charge in [0.15, 0.2) is 11.2 Å². The van der Waals surface area contributed by atoms with Crippen LogP contribution in [-0.4, -0.2) is 64.1 Å². The van der Waals surface area contributed by atoms with Crippen LogP contribution in [0.5, 0.6) is 5.88 Å². The third kappa shape index (κ3) is 3.67. The number of rotatable bonds is 4. The van der Waals surface area contributed by atoms with E-state index in [4.69, 9.17) is 9.72 Å². The molecule has 1 aliphatic heterocycles. The van der Waals surface area contributed by atoms with Crippen LogP contribution in [0.3, 0.4) is 0 Å². The molecule has 32 heavy (non-hydrogen) atoms. The first-order valence-corrected chi connectivity index (χ1v) is 11.0. The summed E-state index contributed by atoms with van der Waals surface area (Å²) in [5.74, 6) is 1.12. The van der Waals surface area contributed by atoms with Crippen molar-refractivity contribution in [3.8, 4) is 17.3 Å². The predicted molar refractivity (Wildman–Crippen MR) is 120 cm³/mol. The van der Waals surface area contributed by atoms with Crippen LogP contribution in [0.2, 0.25) is 0 Å². The molecule has 172 valence electrons. The van der Waals surface area contributed by atoms with Gasteiger partial charge in [-0.3, -0.25) is 4.68 Å². The molecule has 0 aliphatic carbocycles. The number of piperidine rings is 1. The van der Waals surface area contributed by atoms with Gasteiger partial charge in [0.1, 0.15) is 18.3 Å². The molecule has 1 fully saturated rings. The Hall–Kier alpha value is -3.17. The number of hydrogen-bond donors (Lipinski definition) is 1. The summed E-state index contributed by atoms with van der Waals surface area (Å²) in [6.45, 7) is 11.5. The molecule has 10 nitrogen and oxygen atoms in total. The highest BCUT2D eigenvalue weighted by Gasteiger charge is 2.43. The second kappa shape index (κ2) is 8.07. The van der Waals surface area contributed by atoms with E-state index in [1.165, 1.54) is 11.2 Å². The Morgan fingerprint density at radius 3 is 2.69 bits per heavy atom. The van der Waals surface area contributed by atoms with Gasteiger partial charge >= 0.3 is 6.09 Å². The Balaban J connectivity index is 1.75. The van der Waals surface area contributed by atoms with Crippen LogP contribution < -0.4 is 4.74 Å².